The molecule has 2 aromatic carbocycles. The van der Waals surface area contributed by atoms with E-state index in [0.717, 1.165) is 5.56 Å². The first kappa shape index (κ1) is 13.0. The lowest BCUT2D eigenvalue weighted by Gasteiger charge is -2.04. The van der Waals surface area contributed by atoms with Crippen molar-refractivity contribution in [3.8, 4) is 17.9 Å². The van der Waals surface area contributed by atoms with Crippen LogP contribution in [-0.2, 0) is 0 Å². The molecule has 0 radical (unpaired) electrons. The monoisotopic (exact) mass is 266 g/mol. The molecule has 2 nitrogen and oxygen atoms in total. The van der Waals surface area contributed by atoms with Gasteiger partial charge in [-0.1, -0.05) is 41.6 Å². The Hall–Kier alpha value is -2.42. The van der Waals surface area contributed by atoms with Crippen molar-refractivity contribution in [3.63, 3.8) is 0 Å². The topological polar surface area (TPSA) is 35.8 Å². The molecule has 2 rings (SSSR count). The molecule has 19 heavy (non-hydrogen) atoms. The third-order valence-corrected chi connectivity index (χ3v) is 2.71. The minimum absolute atomic E-state index is 0.462. The van der Waals surface area contributed by atoms with Crippen LogP contribution in [-0.4, -0.2) is 6.54 Å². The molecule has 0 heterocycles. The Kier molecular flexibility index (Phi) is 4.45. The van der Waals surface area contributed by atoms with Crippen molar-refractivity contribution in [3.05, 3.63) is 64.7 Å². The maximum Gasteiger partial charge on any atom is 0.101 e. The second-order valence-corrected chi connectivity index (χ2v) is 4.26. The van der Waals surface area contributed by atoms with Crippen molar-refractivity contribution in [1.82, 2.24) is 0 Å². The second-order valence-electron chi connectivity index (χ2n) is 3.82. The number of hydrogen-bond acceptors (Lipinski definition) is 2. The summed E-state index contributed by atoms with van der Waals surface area (Å²) in [6.45, 7) is 0.462. The van der Waals surface area contributed by atoms with E-state index in [9.17, 15) is 0 Å². The van der Waals surface area contributed by atoms with Crippen LogP contribution in [0.3, 0.4) is 0 Å². The van der Waals surface area contributed by atoms with Crippen LogP contribution in [0.5, 0.6) is 0 Å². The first-order chi connectivity index (χ1) is 9.29. The molecule has 0 amide bonds. The van der Waals surface area contributed by atoms with Gasteiger partial charge in [0.05, 0.1) is 17.8 Å². The molecule has 3 heteroatoms. The summed E-state index contributed by atoms with van der Waals surface area (Å²) in [5.41, 5.74) is 2.24. The highest BCUT2D eigenvalue weighted by Gasteiger charge is 2.00. The molecule has 0 unspecified atom stereocenters. The molecule has 0 fully saturated rings. The molecule has 0 saturated heterocycles. The van der Waals surface area contributed by atoms with E-state index in [2.05, 4.69) is 23.2 Å². The predicted octanol–water partition coefficient (Wildman–Crippen LogP) is 3.68. The van der Waals surface area contributed by atoms with Gasteiger partial charge in [-0.15, -0.1) is 0 Å². The SMILES string of the molecule is N#Cc1ccc(Cl)cc1NCC#Cc1ccccc1. The summed E-state index contributed by atoms with van der Waals surface area (Å²) < 4.78 is 0. The average Bonchev–Trinajstić information content (AvgIpc) is 2.45. The lowest BCUT2D eigenvalue weighted by molar-refractivity contribution is 1.36. The fraction of sp³-hybridized carbons (Fsp3) is 0.0625. The fourth-order valence-electron chi connectivity index (χ4n) is 1.57. The van der Waals surface area contributed by atoms with Crippen LogP contribution in [0.1, 0.15) is 11.1 Å². The summed E-state index contributed by atoms with van der Waals surface area (Å²) in [6.07, 6.45) is 0. The van der Waals surface area contributed by atoms with Crippen LogP contribution >= 0.6 is 11.6 Å². The highest BCUT2D eigenvalue weighted by molar-refractivity contribution is 6.30. The number of halogens is 1. The van der Waals surface area contributed by atoms with Gasteiger partial charge in [-0.3, -0.25) is 0 Å². The minimum Gasteiger partial charge on any atom is -0.373 e. The van der Waals surface area contributed by atoms with Crippen molar-refractivity contribution >= 4 is 17.3 Å². The quantitative estimate of drug-likeness (QED) is 0.842. The molecule has 0 saturated carbocycles. The van der Waals surface area contributed by atoms with Crippen LogP contribution in [0.25, 0.3) is 0 Å². The van der Waals surface area contributed by atoms with E-state index in [1.54, 1.807) is 18.2 Å². The standard InChI is InChI=1S/C16H11ClN2/c17-15-9-8-14(12-18)16(11-15)19-10-4-7-13-5-2-1-3-6-13/h1-3,5-6,8-9,11,19H,10H2. The van der Waals surface area contributed by atoms with Gasteiger partial charge in [0, 0.05) is 10.6 Å². The van der Waals surface area contributed by atoms with Crippen LogP contribution in [0.2, 0.25) is 5.02 Å². The molecule has 1 N–H and O–H groups in total. The number of nitrogens with one attached hydrogen (secondary N) is 1. The van der Waals surface area contributed by atoms with E-state index in [0.29, 0.717) is 22.8 Å². The molecule has 92 valence electrons. The molecule has 0 aromatic heterocycles. The number of nitriles is 1. The molecule has 0 spiro atoms. The summed E-state index contributed by atoms with van der Waals surface area (Å²) in [5, 5.41) is 12.7. The van der Waals surface area contributed by atoms with Gasteiger partial charge in [0.15, 0.2) is 0 Å². The number of nitrogens with zero attached hydrogens (tertiary/aromatic N) is 1. The summed E-state index contributed by atoms with van der Waals surface area (Å²) in [5.74, 6) is 6.05. The Balaban J connectivity index is 2.03. The zero-order valence-corrected chi connectivity index (χ0v) is 10.9. The Labute approximate surface area is 117 Å². The van der Waals surface area contributed by atoms with Crippen LogP contribution in [0, 0.1) is 23.2 Å². The van der Waals surface area contributed by atoms with E-state index in [1.165, 1.54) is 0 Å². The highest BCUT2D eigenvalue weighted by Crippen LogP contribution is 2.19. The zero-order chi connectivity index (χ0) is 13.5. The molecular weight excluding hydrogens is 256 g/mol. The largest absolute Gasteiger partial charge is 0.373 e. The average molecular weight is 267 g/mol. The van der Waals surface area contributed by atoms with Gasteiger partial charge in [0.2, 0.25) is 0 Å². The lowest BCUT2D eigenvalue weighted by Crippen LogP contribution is -2.00. The van der Waals surface area contributed by atoms with E-state index in [-0.39, 0.29) is 0 Å². The Bertz CT molecular complexity index is 661. The summed E-state index contributed by atoms with van der Waals surface area (Å²) in [6, 6.07) is 17.0. The van der Waals surface area contributed by atoms with Crippen LogP contribution in [0.15, 0.2) is 48.5 Å². The molecule has 0 aliphatic rings. The van der Waals surface area contributed by atoms with Gasteiger partial charge >= 0.3 is 0 Å². The minimum atomic E-state index is 0.462. The Morgan fingerprint density at radius 2 is 1.89 bits per heavy atom. The van der Waals surface area contributed by atoms with Crippen LogP contribution in [0.4, 0.5) is 5.69 Å². The van der Waals surface area contributed by atoms with E-state index < -0.39 is 0 Å². The maximum atomic E-state index is 8.97. The number of benzene rings is 2. The summed E-state index contributed by atoms with van der Waals surface area (Å²) >= 11 is 5.90. The summed E-state index contributed by atoms with van der Waals surface area (Å²) in [7, 11) is 0. The molecule has 0 aliphatic heterocycles. The van der Waals surface area contributed by atoms with E-state index >= 15 is 0 Å². The van der Waals surface area contributed by atoms with Crippen molar-refractivity contribution < 1.29 is 0 Å². The molecule has 0 aliphatic carbocycles. The van der Waals surface area contributed by atoms with Gasteiger partial charge in [-0.05, 0) is 30.3 Å². The Morgan fingerprint density at radius 3 is 2.63 bits per heavy atom. The molecule has 0 atom stereocenters. The van der Waals surface area contributed by atoms with Crippen LogP contribution < -0.4 is 5.32 Å². The zero-order valence-electron chi connectivity index (χ0n) is 10.2. The molecule has 2 aromatic rings. The van der Waals surface area contributed by atoms with E-state index in [4.69, 9.17) is 16.9 Å². The number of hydrogen-bond donors (Lipinski definition) is 1. The van der Waals surface area contributed by atoms with E-state index in [1.807, 2.05) is 30.3 Å². The van der Waals surface area contributed by atoms with Gasteiger partial charge in [0.1, 0.15) is 6.07 Å². The third-order valence-electron chi connectivity index (χ3n) is 2.48. The first-order valence-corrected chi connectivity index (χ1v) is 6.15. The lowest BCUT2D eigenvalue weighted by atomic mass is 10.2. The third kappa shape index (κ3) is 3.78. The van der Waals surface area contributed by atoms with Crippen molar-refractivity contribution in [1.29, 1.82) is 5.26 Å². The smallest absolute Gasteiger partial charge is 0.101 e. The highest BCUT2D eigenvalue weighted by atomic mass is 35.5. The number of rotatable bonds is 2. The molecule has 0 bridgehead atoms. The predicted molar refractivity (Wildman–Crippen MR) is 78.0 cm³/mol. The summed E-state index contributed by atoms with van der Waals surface area (Å²) in [4.78, 5) is 0. The first-order valence-electron chi connectivity index (χ1n) is 5.77. The normalized spacial score (nSPS) is 9.05. The van der Waals surface area contributed by atoms with Gasteiger partial charge in [-0.2, -0.15) is 5.26 Å². The van der Waals surface area contributed by atoms with Crippen molar-refractivity contribution in [2.75, 3.05) is 11.9 Å². The van der Waals surface area contributed by atoms with Gasteiger partial charge in [-0.25, -0.2) is 0 Å². The number of anilines is 1. The van der Waals surface area contributed by atoms with Gasteiger partial charge in [0.25, 0.3) is 0 Å². The fourth-order valence-corrected chi connectivity index (χ4v) is 1.74. The molecular formula is C16H11ClN2. The Morgan fingerprint density at radius 1 is 1.11 bits per heavy atom. The van der Waals surface area contributed by atoms with Crippen molar-refractivity contribution in [2.24, 2.45) is 0 Å². The van der Waals surface area contributed by atoms with Gasteiger partial charge < -0.3 is 5.32 Å². The van der Waals surface area contributed by atoms with Crippen molar-refractivity contribution in [2.45, 2.75) is 0 Å². The second kappa shape index (κ2) is 6.50. The maximum absolute atomic E-state index is 8.97.